The smallest absolute Gasteiger partial charge is 0.152 e. The predicted octanol–water partition coefficient (Wildman–Crippen LogP) is 11.2. The first-order valence-electron chi connectivity index (χ1n) is 10.5. The number of benzene rings is 3. The highest BCUT2D eigenvalue weighted by molar-refractivity contribution is 9.11. The lowest BCUT2D eigenvalue weighted by Crippen LogP contribution is -1.93. The van der Waals surface area contributed by atoms with Crippen molar-refractivity contribution in [2.75, 3.05) is 0 Å². The predicted molar refractivity (Wildman–Crippen MR) is 159 cm³/mol. The van der Waals surface area contributed by atoms with E-state index in [2.05, 4.69) is 68.6 Å². The van der Waals surface area contributed by atoms with Crippen LogP contribution in [0.1, 0.15) is 61.7 Å². The average molecular weight is 719 g/mol. The van der Waals surface area contributed by atoms with Gasteiger partial charge in [0.2, 0.25) is 0 Å². The molecule has 0 spiro atoms. The molecule has 1 atom stereocenters. The van der Waals surface area contributed by atoms with Crippen molar-refractivity contribution in [3.05, 3.63) is 99.8 Å². The fraction of sp³-hybridized carbons (Fsp3) is 0.269. The number of hydrogen-bond donors (Lipinski definition) is 1. The van der Waals surface area contributed by atoms with Crippen LogP contribution < -0.4 is 0 Å². The molecule has 3 aromatic carbocycles. The second-order valence-corrected chi connectivity index (χ2v) is 10.6. The van der Waals surface area contributed by atoms with Crippen LogP contribution in [0.15, 0.2) is 68.0 Å². The molecular weight excluding hydrogens is 690 g/mol. The van der Waals surface area contributed by atoms with Gasteiger partial charge < -0.3 is 5.11 Å². The molecule has 0 fully saturated rings. The maximum atomic E-state index is 10.3. The zero-order valence-electron chi connectivity index (χ0n) is 19.4. The zero-order valence-corrected chi connectivity index (χ0v) is 26.4. The van der Waals surface area contributed by atoms with Crippen molar-refractivity contribution in [2.45, 2.75) is 46.6 Å². The maximum absolute atomic E-state index is 10.3. The number of aldehydes is 1. The molecule has 8 heteroatoms. The fourth-order valence-electron chi connectivity index (χ4n) is 2.40. The van der Waals surface area contributed by atoms with Gasteiger partial charge in [-0.2, -0.15) is 0 Å². The summed E-state index contributed by atoms with van der Waals surface area (Å²) in [6.45, 7) is 8.03. The van der Waals surface area contributed by atoms with Crippen LogP contribution in [-0.2, 0) is 6.42 Å². The van der Waals surface area contributed by atoms with E-state index in [9.17, 15) is 9.90 Å². The molecule has 0 saturated heterocycles. The van der Waals surface area contributed by atoms with Crippen molar-refractivity contribution in [1.29, 1.82) is 0 Å². The minimum Gasteiger partial charge on any atom is -0.389 e. The van der Waals surface area contributed by atoms with Crippen LogP contribution in [0.5, 0.6) is 0 Å². The second-order valence-electron chi connectivity index (χ2n) is 6.83. The van der Waals surface area contributed by atoms with E-state index < -0.39 is 6.10 Å². The molecule has 2 nitrogen and oxygen atoms in total. The molecule has 0 aliphatic carbocycles. The van der Waals surface area contributed by atoms with Gasteiger partial charge in [-0.15, -0.1) is 0 Å². The van der Waals surface area contributed by atoms with Gasteiger partial charge in [-0.3, -0.25) is 4.79 Å². The summed E-state index contributed by atoms with van der Waals surface area (Å²) in [4.78, 5) is 10.3. The third-order valence-corrected chi connectivity index (χ3v) is 7.09. The molecule has 0 aliphatic heterocycles. The lowest BCUT2D eigenvalue weighted by atomic mass is 10.1. The summed E-state index contributed by atoms with van der Waals surface area (Å²) in [5, 5.41) is 11.2. The average Bonchev–Trinajstić information content (AvgIpc) is 2.75. The number of carbonyl (C=O) groups excluding carboxylic acids is 1. The Morgan fingerprint density at radius 3 is 1.53 bits per heavy atom. The Kier molecular flexibility index (Phi) is 18.6. The molecular formula is C26H28Br3Cl3O2. The Bertz CT molecular complexity index is 967. The molecule has 3 aromatic rings. The molecule has 0 aliphatic rings. The normalized spacial score (nSPS) is 10.4. The number of aliphatic hydroxyl groups is 1. The van der Waals surface area contributed by atoms with Gasteiger partial charge in [0, 0.05) is 34.6 Å². The van der Waals surface area contributed by atoms with Crippen LogP contribution in [0.2, 0.25) is 15.1 Å². The highest BCUT2D eigenvalue weighted by Gasteiger charge is 2.09. The monoisotopic (exact) mass is 714 g/mol. The van der Waals surface area contributed by atoms with Gasteiger partial charge in [-0.05, 0) is 55.3 Å². The van der Waals surface area contributed by atoms with E-state index in [0.29, 0.717) is 15.6 Å². The van der Waals surface area contributed by atoms with Crippen molar-refractivity contribution in [3.63, 3.8) is 0 Å². The Balaban J connectivity index is 0.000000454. The summed E-state index contributed by atoms with van der Waals surface area (Å²) in [5.74, 6) is 0. The Hall–Kier alpha value is -0.400. The van der Waals surface area contributed by atoms with Crippen LogP contribution in [0.3, 0.4) is 0 Å². The Morgan fingerprint density at radius 2 is 1.24 bits per heavy atom. The first kappa shape index (κ1) is 33.6. The van der Waals surface area contributed by atoms with E-state index in [1.54, 1.807) is 31.2 Å². The van der Waals surface area contributed by atoms with Gasteiger partial charge in [0.15, 0.2) is 6.29 Å². The highest BCUT2D eigenvalue weighted by Crippen LogP contribution is 2.30. The molecule has 0 amide bonds. The molecule has 186 valence electrons. The first-order valence-corrected chi connectivity index (χ1v) is 14.0. The maximum Gasteiger partial charge on any atom is 0.152 e. The molecule has 1 unspecified atom stereocenters. The largest absolute Gasteiger partial charge is 0.389 e. The van der Waals surface area contributed by atoms with Gasteiger partial charge in [0.1, 0.15) is 0 Å². The van der Waals surface area contributed by atoms with Crippen molar-refractivity contribution in [1.82, 2.24) is 0 Å². The van der Waals surface area contributed by atoms with Gasteiger partial charge in [-0.25, -0.2) is 0 Å². The van der Waals surface area contributed by atoms with Crippen LogP contribution in [-0.4, -0.2) is 11.4 Å². The van der Waals surface area contributed by atoms with Crippen LogP contribution in [0.4, 0.5) is 0 Å². The Labute approximate surface area is 243 Å². The van der Waals surface area contributed by atoms with Crippen molar-refractivity contribution < 1.29 is 9.90 Å². The number of halogens is 6. The summed E-state index contributed by atoms with van der Waals surface area (Å²) in [5.41, 5.74) is 2.43. The lowest BCUT2D eigenvalue weighted by Gasteiger charge is -2.08. The molecule has 0 aromatic heterocycles. The van der Waals surface area contributed by atoms with Gasteiger partial charge in [-0.1, -0.05) is 128 Å². The van der Waals surface area contributed by atoms with Gasteiger partial charge in [0.25, 0.3) is 0 Å². The topological polar surface area (TPSA) is 37.3 Å². The lowest BCUT2D eigenvalue weighted by molar-refractivity contribution is 0.112. The Morgan fingerprint density at radius 1 is 0.794 bits per heavy atom. The van der Waals surface area contributed by atoms with Crippen molar-refractivity contribution in [3.8, 4) is 0 Å². The minimum absolute atomic E-state index is 0.476. The van der Waals surface area contributed by atoms with Crippen LogP contribution >= 0.6 is 82.6 Å². The molecule has 0 saturated carbocycles. The second kappa shape index (κ2) is 18.8. The zero-order chi connectivity index (χ0) is 26.3. The molecule has 0 heterocycles. The SMILES string of the molecule is CC(O)c1c(Cl)cccc1Br.CCC.CCc1c(Cl)cccc1Br.O=Cc1c(Cl)cccc1Br. The van der Waals surface area contributed by atoms with E-state index in [0.717, 1.165) is 36.7 Å². The number of aliphatic hydroxyl groups excluding tert-OH is 1. The quantitative estimate of drug-likeness (QED) is 0.274. The third-order valence-electron chi connectivity index (χ3n) is 3.95. The standard InChI is InChI=1S/C8H8BrClO.C8H8BrCl.C7H4BrClO.C3H8/c1-5(11)8-6(9)3-2-4-7(8)10;1-2-6-7(9)4-3-5-8(6)10;8-6-2-1-3-7(9)5(6)4-10;1-3-2/h2-5,11H,1H3;3-5H,2H2,1H3;1-4H;3H2,1-2H3. The minimum atomic E-state index is -0.530. The third kappa shape index (κ3) is 12.0. The summed E-state index contributed by atoms with van der Waals surface area (Å²) in [6, 6.07) is 16.5. The summed E-state index contributed by atoms with van der Waals surface area (Å²) >= 11 is 27.3. The molecule has 0 bridgehead atoms. The van der Waals surface area contributed by atoms with E-state index in [1.165, 1.54) is 12.0 Å². The number of hydrogen-bond acceptors (Lipinski definition) is 2. The fourth-order valence-corrected chi connectivity index (χ4v) is 5.41. The molecule has 0 radical (unpaired) electrons. The van der Waals surface area contributed by atoms with Gasteiger partial charge in [0.05, 0.1) is 11.1 Å². The van der Waals surface area contributed by atoms with Crippen LogP contribution in [0, 0.1) is 0 Å². The van der Waals surface area contributed by atoms with Crippen molar-refractivity contribution >= 4 is 88.9 Å². The number of carbonyl (C=O) groups is 1. The van der Waals surface area contributed by atoms with E-state index in [-0.39, 0.29) is 0 Å². The first-order chi connectivity index (χ1) is 16.0. The van der Waals surface area contributed by atoms with E-state index in [1.807, 2.05) is 30.3 Å². The summed E-state index contributed by atoms with van der Waals surface area (Å²) in [7, 11) is 0. The van der Waals surface area contributed by atoms with Gasteiger partial charge >= 0.3 is 0 Å². The highest BCUT2D eigenvalue weighted by atomic mass is 79.9. The van der Waals surface area contributed by atoms with Crippen LogP contribution in [0.25, 0.3) is 0 Å². The summed E-state index contributed by atoms with van der Waals surface area (Å²) < 4.78 is 2.68. The number of rotatable bonds is 3. The molecule has 1 N–H and O–H groups in total. The molecule has 3 rings (SSSR count). The molecule has 34 heavy (non-hydrogen) atoms. The van der Waals surface area contributed by atoms with Crippen molar-refractivity contribution in [2.24, 2.45) is 0 Å². The van der Waals surface area contributed by atoms with E-state index >= 15 is 0 Å². The summed E-state index contributed by atoms with van der Waals surface area (Å²) in [6.07, 6.45) is 2.42. The van der Waals surface area contributed by atoms with E-state index in [4.69, 9.17) is 34.8 Å².